The molecule has 0 aromatic carbocycles. The second kappa shape index (κ2) is 5.37. The summed E-state index contributed by atoms with van der Waals surface area (Å²) in [5.41, 5.74) is 0.697. The SMILES string of the molecule is Cc1oc(-c2ccco2)nc1CC(=O)NCC1(C)COC1. The van der Waals surface area contributed by atoms with E-state index < -0.39 is 0 Å². The minimum Gasteiger partial charge on any atom is -0.459 e. The highest BCUT2D eigenvalue weighted by Crippen LogP contribution is 2.25. The van der Waals surface area contributed by atoms with Gasteiger partial charge in [0.2, 0.25) is 5.91 Å². The largest absolute Gasteiger partial charge is 0.459 e. The number of nitrogens with one attached hydrogen (secondary N) is 1. The first-order chi connectivity index (χ1) is 10.1. The molecule has 2 aromatic rings. The van der Waals surface area contributed by atoms with Crippen LogP contribution in [0, 0.1) is 12.3 Å². The molecule has 0 unspecified atom stereocenters. The molecule has 0 saturated carbocycles. The molecule has 0 bridgehead atoms. The van der Waals surface area contributed by atoms with Crippen LogP contribution >= 0.6 is 0 Å². The lowest BCUT2D eigenvalue weighted by atomic mass is 9.89. The fourth-order valence-corrected chi connectivity index (χ4v) is 2.18. The Hall–Kier alpha value is -2.08. The van der Waals surface area contributed by atoms with Crippen LogP contribution in [0.15, 0.2) is 27.2 Å². The van der Waals surface area contributed by atoms with Gasteiger partial charge in [-0.15, -0.1) is 0 Å². The zero-order valence-corrected chi connectivity index (χ0v) is 12.1. The first-order valence-corrected chi connectivity index (χ1v) is 6.90. The van der Waals surface area contributed by atoms with Crippen molar-refractivity contribution in [2.24, 2.45) is 5.41 Å². The predicted molar refractivity (Wildman–Crippen MR) is 74.6 cm³/mol. The van der Waals surface area contributed by atoms with Crippen molar-refractivity contribution in [1.82, 2.24) is 10.3 Å². The zero-order valence-electron chi connectivity index (χ0n) is 12.1. The van der Waals surface area contributed by atoms with Crippen LogP contribution in [0.4, 0.5) is 0 Å². The minimum absolute atomic E-state index is 0.0634. The summed E-state index contributed by atoms with van der Waals surface area (Å²) in [5, 5.41) is 2.92. The Morgan fingerprint density at radius 1 is 1.48 bits per heavy atom. The molecule has 3 rings (SSSR count). The summed E-state index contributed by atoms with van der Waals surface area (Å²) in [4.78, 5) is 16.3. The van der Waals surface area contributed by atoms with Gasteiger partial charge in [-0.25, -0.2) is 4.98 Å². The molecular formula is C15H18N2O4. The van der Waals surface area contributed by atoms with E-state index in [0.29, 0.717) is 42.9 Å². The average molecular weight is 290 g/mol. The number of oxazole rings is 1. The van der Waals surface area contributed by atoms with Crippen LogP contribution in [0.2, 0.25) is 0 Å². The number of amides is 1. The van der Waals surface area contributed by atoms with Gasteiger partial charge in [0, 0.05) is 12.0 Å². The number of nitrogens with zero attached hydrogens (tertiary/aromatic N) is 1. The first kappa shape index (κ1) is 13.9. The van der Waals surface area contributed by atoms with Crippen molar-refractivity contribution in [3.8, 4) is 11.7 Å². The number of hydrogen-bond acceptors (Lipinski definition) is 5. The molecule has 1 saturated heterocycles. The number of aromatic nitrogens is 1. The van der Waals surface area contributed by atoms with Crippen molar-refractivity contribution in [2.75, 3.05) is 19.8 Å². The maximum atomic E-state index is 12.0. The highest BCUT2D eigenvalue weighted by molar-refractivity contribution is 5.78. The van der Waals surface area contributed by atoms with Gasteiger partial charge in [0.25, 0.3) is 5.89 Å². The lowest BCUT2D eigenvalue weighted by molar-refractivity contribution is -0.126. The smallest absolute Gasteiger partial charge is 0.263 e. The van der Waals surface area contributed by atoms with Gasteiger partial charge in [0.15, 0.2) is 5.76 Å². The maximum absolute atomic E-state index is 12.0. The Morgan fingerprint density at radius 2 is 2.29 bits per heavy atom. The molecule has 0 spiro atoms. The van der Waals surface area contributed by atoms with Gasteiger partial charge in [-0.05, 0) is 19.1 Å². The number of carbonyl (C=O) groups excluding carboxylic acids is 1. The molecule has 6 heteroatoms. The first-order valence-electron chi connectivity index (χ1n) is 6.90. The lowest BCUT2D eigenvalue weighted by Gasteiger charge is -2.38. The van der Waals surface area contributed by atoms with Crippen LogP contribution in [-0.4, -0.2) is 30.6 Å². The minimum atomic E-state index is -0.0643. The molecule has 1 N–H and O–H groups in total. The maximum Gasteiger partial charge on any atom is 0.263 e. The van der Waals surface area contributed by atoms with E-state index in [1.807, 2.05) is 0 Å². The Labute approximate surface area is 122 Å². The third-order valence-electron chi connectivity index (χ3n) is 3.57. The zero-order chi connectivity index (χ0) is 14.9. The highest BCUT2D eigenvalue weighted by atomic mass is 16.5. The molecule has 21 heavy (non-hydrogen) atoms. The molecule has 1 fully saturated rings. The Bertz CT molecular complexity index is 626. The Kier molecular flexibility index (Phi) is 3.55. The summed E-state index contributed by atoms with van der Waals surface area (Å²) >= 11 is 0. The predicted octanol–water partition coefficient (Wildman–Crippen LogP) is 1.94. The van der Waals surface area contributed by atoms with Gasteiger partial charge >= 0.3 is 0 Å². The van der Waals surface area contributed by atoms with Crippen LogP contribution in [0.1, 0.15) is 18.4 Å². The van der Waals surface area contributed by atoms with Crippen molar-refractivity contribution in [3.05, 3.63) is 29.9 Å². The van der Waals surface area contributed by atoms with Gasteiger partial charge < -0.3 is 18.9 Å². The van der Waals surface area contributed by atoms with Crippen LogP contribution < -0.4 is 5.32 Å². The molecule has 0 radical (unpaired) electrons. The van der Waals surface area contributed by atoms with E-state index in [2.05, 4.69) is 17.2 Å². The fraction of sp³-hybridized carbons (Fsp3) is 0.467. The van der Waals surface area contributed by atoms with Crippen molar-refractivity contribution >= 4 is 5.91 Å². The number of furan rings is 1. The Morgan fingerprint density at radius 3 is 2.90 bits per heavy atom. The van der Waals surface area contributed by atoms with E-state index >= 15 is 0 Å². The summed E-state index contributed by atoms with van der Waals surface area (Å²) in [7, 11) is 0. The third kappa shape index (κ3) is 3.00. The number of carbonyl (C=O) groups is 1. The normalized spacial score (nSPS) is 16.5. The van der Waals surface area contributed by atoms with Crippen LogP contribution in [0.5, 0.6) is 0 Å². The molecule has 6 nitrogen and oxygen atoms in total. The summed E-state index contributed by atoms with van der Waals surface area (Å²) in [6.07, 6.45) is 1.76. The van der Waals surface area contributed by atoms with Gasteiger partial charge in [-0.3, -0.25) is 4.79 Å². The summed E-state index contributed by atoms with van der Waals surface area (Å²) in [5.74, 6) is 1.53. The van der Waals surface area contributed by atoms with Gasteiger partial charge in [0.1, 0.15) is 5.76 Å². The summed E-state index contributed by atoms with van der Waals surface area (Å²) in [6, 6.07) is 3.54. The monoisotopic (exact) mass is 290 g/mol. The van der Waals surface area contributed by atoms with E-state index in [1.54, 1.807) is 25.3 Å². The second-order valence-electron chi connectivity index (χ2n) is 5.76. The van der Waals surface area contributed by atoms with Gasteiger partial charge in [-0.2, -0.15) is 0 Å². The third-order valence-corrected chi connectivity index (χ3v) is 3.57. The molecule has 3 heterocycles. The van der Waals surface area contributed by atoms with Crippen molar-refractivity contribution in [2.45, 2.75) is 20.3 Å². The van der Waals surface area contributed by atoms with E-state index in [1.165, 1.54) is 0 Å². The van der Waals surface area contributed by atoms with Gasteiger partial charge in [0.05, 0.1) is 31.6 Å². The topological polar surface area (TPSA) is 77.5 Å². The molecule has 0 atom stereocenters. The molecule has 1 aliphatic rings. The molecule has 1 aliphatic heterocycles. The summed E-state index contributed by atoms with van der Waals surface area (Å²) < 4.78 is 15.9. The number of aryl methyl sites for hydroxylation is 1. The van der Waals surface area contributed by atoms with Crippen molar-refractivity contribution in [3.63, 3.8) is 0 Å². The van der Waals surface area contributed by atoms with E-state index in [-0.39, 0.29) is 17.7 Å². The Balaban J connectivity index is 1.60. The molecule has 2 aromatic heterocycles. The standard InChI is InChI=1S/C15H18N2O4/c1-10-11(17-14(21-10)12-4-3-5-20-12)6-13(18)16-7-15(2)8-19-9-15/h3-5H,6-9H2,1-2H3,(H,16,18). The summed E-state index contributed by atoms with van der Waals surface area (Å²) in [6.45, 7) is 5.89. The van der Waals surface area contributed by atoms with E-state index in [4.69, 9.17) is 13.6 Å². The quantitative estimate of drug-likeness (QED) is 0.910. The van der Waals surface area contributed by atoms with Crippen molar-refractivity contribution in [1.29, 1.82) is 0 Å². The average Bonchev–Trinajstić information content (AvgIpc) is 3.05. The molecule has 0 aliphatic carbocycles. The number of rotatable bonds is 5. The number of ether oxygens (including phenoxy) is 1. The van der Waals surface area contributed by atoms with Crippen LogP contribution in [0.25, 0.3) is 11.7 Å². The van der Waals surface area contributed by atoms with Gasteiger partial charge in [-0.1, -0.05) is 6.92 Å². The van der Waals surface area contributed by atoms with Crippen LogP contribution in [0.3, 0.4) is 0 Å². The van der Waals surface area contributed by atoms with Crippen molar-refractivity contribution < 1.29 is 18.4 Å². The number of hydrogen-bond donors (Lipinski definition) is 1. The van der Waals surface area contributed by atoms with Crippen LogP contribution in [-0.2, 0) is 16.0 Å². The van der Waals surface area contributed by atoms with E-state index in [0.717, 1.165) is 0 Å². The molecular weight excluding hydrogens is 272 g/mol. The lowest BCUT2D eigenvalue weighted by Crippen LogP contribution is -2.48. The van der Waals surface area contributed by atoms with E-state index in [9.17, 15) is 4.79 Å². The molecule has 1 amide bonds. The second-order valence-corrected chi connectivity index (χ2v) is 5.76. The molecule has 112 valence electrons. The highest BCUT2D eigenvalue weighted by Gasteiger charge is 2.33. The fourth-order valence-electron chi connectivity index (χ4n) is 2.18.